The minimum Gasteiger partial charge on any atom is -0.379 e. The lowest BCUT2D eigenvalue weighted by Gasteiger charge is -2.12. The summed E-state index contributed by atoms with van der Waals surface area (Å²) in [4.78, 5) is 0.118. The zero-order valence-electron chi connectivity index (χ0n) is 11.1. The molecule has 0 unspecified atom stereocenters. The molecule has 0 atom stereocenters. The van der Waals surface area contributed by atoms with E-state index in [1.807, 2.05) is 0 Å². The van der Waals surface area contributed by atoms with Gasteiger partial charge in [-0.3, -0.25) is 0 Å². The number of aryl methyl sites for hydroxylation is 2. The van der Waals surface area contributed by atoms with Gasteiger partial charge < -0.3 is 10.5 Å². The first kappa shape index (κ1) is 16.0. The smallest absolute Gasteiger partial charge is 0.241 e. The number of hydrogen-bond acceptors (Lipinski definition) is 4. The predicted octanol–water partition coefficient (Wildman–Crippen LogP) is 0.696. The van der Waals surface area contributed by atoms with Crippen molar-refractivity contribution in [2.24, 2.45) is 5.73 Å². The van der Waals surface area contributed by atoms with Crippen molar-refractivity contribution < 1.29 is 17.5 Å². The third-order valence-electron chi connectivity index (χ3n) is 2.49. The van der Waals surface area contributed by atoms with Gasteiger partial charge in [-0.05, 0) is 37.1 Å². The number of nitrogens with one attached hydrogen (secondary N) is 1. The zero-order valence-corrected chi connectivity index (χ0v) is 11.9. The van der Waals surface area contributed by atoms with Crippen LogP contribution in [-0.4, -0.2) is 34.7 Å². The van der Waals surface area contributed by atoms with Crippen molar-refractivity contribution in [3.63, 3.8) is 0 Å². The highest BCUT2D eigenvalue weighted by Crippen LogP contribution is 2.20. The van der Waals surface area contributed by atoms with Gasteiger partial charge in [0.15, 0.2) is 0 Å². The Balaban J connectivity index is 2.78. The van der Waals surface area contributed by atoms with Gasteiger partial charge in [0.05, 0.1) is 18.1 Å². The molecular weight excluding hydrogens is 271 g/mol. The van der Waals surface area contributed by atoms with Gasteiger partial charge in [0.1, 0.15) is 5.82 Å². The zero-order chi connectivity index (χ0) is 14.5. The number of halogens is 1. The molecule has 0 spiro atoms. The molecule has 0 bridgehead atoms. The average molecular weight is 290 g/mol. The van der Waals surface area contributed by atoms with E-state index in [1.165, 1.54) is 12.1 Å². The van der Waals surface area contributed by atoms with Gasteiger partial charge in [-0.2, -0.15) is 0 Å². The highest BCUT2D eigenvalue weighted by molar-refractivity contribution is 7.89. The van der Waals surface area contributed by atoms with Crippen molar-refractivity contribution in [1.82, 2.24) is 4.72 Å². The number of rotatable bonds is 7. The molecule has 0 amide bonds. The molecule has 0 aliphatic heterocycles. The van der Waals surface area contributed by atoms with Crippen LogP contribution in [0.5, 0.6) is 0 Å². The highest BCUT2D eigenvalue weighted by Gasteiger charge is 2.19. The summed E-state index contributed by atoms with van der Waals surface area (Å²) in [7, 11) is -3.65. The summed E-state index contributed by atoms with van der Waals surface area (Å²) in [6, 6.07) is 2.40. The van der Waals surface area contributed by atoms with Crippen LogP contribution in [0.3, 0.4) is 0 Å². The Morgan fingerprint density at radius 1 is 1.26 bits per heavy atom. The van der Waals surface area contributed by atoms with Crippen LogP contribution in [0.1, 0.15) is 11.1 Å². The second kappa shape index (κ2) is 6.95. The summed E-state index contributed by atoms with van der Waals surface area (Å²) in [6.45, 7) is 4.30. The molecule has 1 aromatic rings. The maximum absolute atomic E-state index is 13.1. The normalized spacial score (nSPS) is 11.8. The number of hydrogen-bond donors (Lipinski definition) is 2. The first-order valence-electron chi connectivity index (χ1n) is 5.92. The number of sulfonamides is 1. The molecule has 3 N–H and O–H groups in total. The lowest BCUT2D eigenvalue weighted by Crippen LogP contribution is -2.29. The first-order chi connectivity index (χ1) is 8.88. The van der Waals surface area contributed by atoms with Crippen LogP contribution in [0.4, 0.5) is 4.39 Å². The molecule has 5 nitrogen and oxygen atoms in total. The summed E-state index contributed by atoms with van der Waals surface area (Å²) in [5.74, 6) is -0.444. The van der Waals surface area contributed by atoms with E-state index in [9.17, 15) is 12.8 Å². The van der Waals surface area contributed by atoms with E-state index in [2.05, 4.69) is 4.72 Å². The van der Waals surface area contributed by atoms with Gasteiger partial charge in [-0.15, -0.1) is 0 Å². The molecule has 0 saturated carbocycles. The molecule has 19 heavy (non-hydrogen) atoms. The molecule has 0 saturated heterocycles. The van der Waals surface area contributed by atoms with Gasteiger partial charge in [0.25, 0.3) is 0 Å². The Kier molecular flexibility index (Phi) is 5.86. The predicted molar refractivity (Wildman–Crippen MR) is 70.9 cm³/mol. The van der Waals surface area contributed by atoms with Crippen LogP contribution < -0.4 is 10.5 Å². The Labute approximate surface area is 113 Å². The molecule has 7 heteroatoms. The maximum Gasteiger partial charge on any atom is 0.241 e. The van der Waals surface area contributed by atoms with Crippen molar-refractivity contribution >= 4 is 10.0 Å². The van der Waals surface area contributed by atoms with E-state index in [4.69, 9.17) is 10.5 Å². The Hall–Kier alpha value is -1.02. The lowest BCUT2D eigenvalue weighted by molar-refractivity contribution is 0.147. The van der Waals surface area contributed by atoms with Gasteiger partial charge >= 0.3 is 0 Å². The molecule has 0 aromatic heterocycles. The van der Waals surface area contributed by atoms with Gasteiger partial charge in [0, 0.05) is 13.1 Å². The third-order valence-corrected chi connectivity index (χ3v) is 4.26. The largest absolute Gasteiger partial charge is 0.379 e. The molecule has 1 rings (SSSR count). The second-order valence-corrected chi connectivity index (χ2v) is 5.87. The maximum atomic E-state index is 13.1. The molecule has 1 aromatic carbocycles. The summed E-state index contributed by atoms with van der Waals surface area (Å²) in [5.41, 5.74) is 6.01. The fourth-order valence-corrected chi connectivity index (χ4v) is 3.29. The molecule has 0 aliphatic carbocycles. The van der Waals surface area contributed by atoms with E-state index in [-0.39, 0.29) is 18.0 Å². The summed E-state index contributed by atoms with van der Waals surface area (Å²) < 4.78 is 44.8. The van der Waals surface area contributed by atoms with E-state index in [0.29, 0.717) is 24.3 Å². The number of ether oxygens (including phenoxy) is 1. The average Bonchev–Trinajstić information content (AvgIpc) is 2.26. The summed E-state index contributed by atoms with van der Waals surface area (Å²) >= 11 is 0. The lowest BCUT2D eigenvalue weighted by atomic mass is 10.1. The summed E-state index contributed by atoms with van der Waals surface area (Å²) in [6.07, 6.45) is 0. The fraction of sp³-hybridized carbons (Fsp3) is 0.500. The SMILES string of the molecule is Cc1cc(F)cc(C)c1S(=O)(=O)NCCOCCN. The van der Waals surface area contributed by atoms with Gasteiger partial charge in [-0.25, -0.2) is 17.5 Å². The second-order valence-electron chi connectivity index (χ2n) is 4.17. The minimum absolute atomic E-state index is 0.118. The van der Waals surface area contributed by atoms with Crippen LogP contribution in [0.2, 0.25) is 0 Å². The van der Waals surface area contributed by atoms with Crippen LogP contribution in [0.25, 0.3) is 0 Å². The molecule has 0 aliphatic rings. The van der Waals surface area contributed by atoms with E-state index in [0.717, 1.165) is 0 Å². The van der Waals surface area contributed by atoms with Crippen molar-refractivity contribution in [3.8, 4) is 0 Å². The minimum atomic E-state index is -3.65. The van der Waals surface area contributed by atoms with Crippen LogP contribution in [0, 0.1) is 19.7 Å². The van der Waals surface area contributed by atoms with Crippen molar-refractivity contribution in [2.45, 2.75) is 18.7 Å². The number of nitrogens with two attached hydrogens (primary N) is 1. The van der Waals surface area contributed by atoms with E-state index >= 15 is 0 Å². The highest BCUT2D eigenvalue weighted by atomic mass is 32.2. The monoisotopic (exact) mass is 290 g/mol. The van der Waals surface area contributed by atoms with Crippen molar-refractivity contribution in [1.29, 1.82) is 0 Å². The van der Waals surface area contributed by atoms with Gasteiger partial charge in [0.2, 0.25) is 10.0 Å². The van der Waals surface area contributed by atoms with Crippen LogP contribution >= 0.6 is 0 Å². The Bertz CT molecular complexity index is 509. The Morgan fingerprint density at radius 3 is 2.37 bits per heavy atom. The van der Waals surface area contributed by atoms with E-state index in [1.54, 1.807) is 13.8 Å². The molecule has 0 radical (unpaired) electrons. The van der Waals surface area contributed by atoms with Crippen molar-refractivity contribution in [2.75, 3.05) is 26.3 Å². The quantitative estimate of drug-likeness (QED) is 0.724. The van der Waals surface area contributed by atoms with Crippen LogP contribution in [0.15, 0.2) is 17.0 Å². The molecular formula is C12H19FN2O3S. The molecule has 0 fully saturated rings. The topological polar surface area (TPSA) is 81.4 Å². The standard InChI is InChI=1S/C12H19FN2O3S/c1-9-7-11(13)8-10(2)12(9)19(16,17)15-4-6-18-5-3-14/h7-8,15H,3-6,14H2,1-2H3. The van der Waals surface area contributed by atoms with Crippen LogP contribution in [-0.2, 0) is 14.8 Å². The van der Waals surface area contributed by atoms with Crippen molar-refractivity contribution in [3.05, 3.63) is 29.1 Å². The first-order valence-corrected chi connectivity index (χ1v) is 7.41. The van der Waals surface area contributed by atoms with Gasteiger partial charge in [-0.1, -0.05) is 0 Å². The molecule has 108 valence electrons. The summed E-state index contributed by atoms with van der Waals surface area (Å²) in [5, 5.41) is 0. The fourth-order valence-electron chi connectivity index (χ4n) is 1.83. The van der Waals surface area contributed by atoms with E-state index < -0.39 is 15.8 Å². The Morgan fingerprint density at radius 2 is 1.84 bits per heavy atom. The molecule has 0 heterocycles. The third kappa shape index (κ3) is 4.54. The number of benzene rings is 1.